The van der Waals surface area contributed by atoms with E-state index >= 15 is 0 Å². The number of ether oxygens (including phenoxy) is 1. The molecule has 2 rings (SSSR count). The minimum Gasteiger partial charge on any atom is -0.481 e. The molecule has 0 fully saturated rings. The van der Waals surface area contributed by atoms with Gasteiger partial charge >= 0.3 is 0 Å². The van der Waals surface area contributed by atoms with Crippen molar-refractivity contribution in [3.05, 3.63) is 57.8 Å². The van der Waals surface area contributed by atoms with Crippen molar-refractivity contribution in [2.75, 3.05) is 0 Å². The fourth-order valence-corrected chi connectivity index (χ4v) is 2.55. The van der Waals surface area contributed by atoms with Crippen molar-refractivity contribution in [1.82, 2.24) is 4.98 Å². The number of rotatable bonds is 5. The van der Waals surface area contributed by atoms with E-state index < -0.39 is 0 Å². The third-order valence-electron chi connectivity index (χ3n) is 2.99. The van der Waals surface area contributed by atoms with Crippen LogP contribution in [0, 0.1) is 0 Å². The summed E-state index contributed by atoms with van der Waals surface area (Å²) in [4.78, 5) is 4.33. The molecule has 1 aromatic heterocycles. The highest BCUT2D eigenvalue weighted by molar-refractivity contribution is 9.10. The second kappa shape index (κ2) is 7.07. The highest BCUT2D eigenvalue weighted by Crippen LogP contribution is 2.32. The third kappa shape index (κ3) is 3.72. The Morgan fingerprint density at radius 1 is 1.35 bits per heavy atom. The van der Waals surface area contributed by atoms with Gasteiger partial charge in [-0.25, -0.2) is 0 Å². The summed E-state index contributed by atoms with van der Waals surface area (Å²) >= 11 is 9.57. The maximum absolute atomic E-state index is 6.19. The van der Waals surface area contributed by atoms with Gasteiger partial charge in [-0.2, -0.15) is 0 Å². The van der Waals surface area contributed by atoms with E-state index in [-0.39, 0.29) is 12.1 Å². The van der Waals surface area contributed by atoms with Crippen LogP contribution in [0.3, 0.4) is 0 Å². The Bertz CT molecular complexity index is 565. The molecule has 0 aliphatic rings. The zero-order valence-electron chi connectivity index (χ0n) is 11.1. The largest absolute Gasteiger partial charge is 0.481 e. The molecule has 0 aliphatic heterocycles. The van der Waals surface area contributed by atoms with Crippen molar-refractivity contribution in [3.63, 3.8) is 0 Å². The Kier molecular flexibility index (Phi) is 5.40. The van der Waals surface area contributed by atoms with Crippen LogP contribution in [0.5, 0.6) is 5.75 Å². The van der Waals surface area contributed by atoms with Gasteiger partial charge in [0.25, 0.3) is 0 Å². The summed E-state index contributed by atoms with van der Waals surface area (Å²) in [5.41, 5.74) is 6.97. The molecule has 20 heavy (non-hydrogen) atoms. The van der Waals surface area contributed by atoms with Crippen LogP contribution in [0.1, 0.15) is 25.1 Å². The maximum atomic E-state index is 6.19. The number of aromatic nitrogens is 1. The Balaban J connectivity index is 2.29. The monoisotopic (exact) mass is 354 g/mol. The van der Waals surface area contributed by atoms with Crippen LogP contribution < -0.4 is 10.5 Å². The molecular formula is C15H16BrClN2O. The lowest BCUT2D eigenvalue weighted by molar-refractivity contribution is 0.166. The molecule has 2 aromatic rings. The van der Waals surface area contributed by atoms with Crippen LogP contribution in [0.25, 0.3) is 0 Å². The van der Waals surface area contributed by atoms with Gasteiger partial charge in [0, 0.05) is 16.7 Å². The van der Waals surface area contributed by atoms with Gasteiger partial charge in [0.05, 0.1) is 10.7 Å². The average molecular weight is 356 g/mol. The quantitative estimate of drug-likeness (QED) is 0.867. The van der Waals surface area contributed by atoms with Gasteiger partial charge in [-0.1, -0.05) is 40.5 Å². The standard InChI is InChI=1S/C15H16BrClN2O/c1-2-12(18)15(13-5-3-4-8-19-13)20-14-7-6-10(16)9-11(14)17/h3-9,12,15H,2,18H2,1H3. The van der Waals surface area contributed by atoms with E-state index in [0.29, 0.717) is 10.8 Å². The number of nitrogens with two attached hydrogens (primary N) is 1. The minimum absolute atomic E-state index is 0.149. The summed E-state index contributed by atoms with van der Waals surface area (Å²) in [6.45, 7) is 2.02. The first kappa shape index (κ1) is 15.3. The summed E-state index contributed by atoms with van der Waals surface area (Å²) in [7, 11) is 0. The van der Waals surface area contributed by atoms with E-state index in [1.165, 1.54) is 0 Å². The van der Waals surface area contributed by atoms with Gasteiger partial charge < -0.3 is 10.5 Å². The van der Waals surface area contributed by atoms with E-state index in [9.17, 15) is 0 Å². The highest BCUT2D eigenvalue weighted by atomic mass is 79.9. The second-order valence-corrected chi connectivity index (χ2v) is 5.76. The number of hydrogen-bond acceptors (Lipinski definition) is 3. The van der Waals surface area contributed by atoms with Gasteiger partial charge in [0.1, 0.15) is 5.75 Å². The molecule has 0 spiro atoms. The molecule has 0 bridgehead atoms. The van der Waals surface area contributed by atoms with Crippen molar-refractivity contribution in [2.24, 2.45) is 5.73 Å². The molecule has 106 valence electrons. The fraction of sp³-hybridized carbons (Fsp3) is 0.267. The average Bonchev–Trinajstić information content (AvgIpc) is 2.46. The molecule has 0 aliphatic carbocycles. The lowest BCUT2D eigenvalue weighted by Gasteiger charge is -2.24. The van der Waals surface area contributed by atoms with Crippen molar-refractivity contribution in [2.45, 2.75) is 25.5 Å². The van der Waals surface area contributed by atoms with Crippen LogP contribution in [0.2, 0.25) is 5.02 Å². The van der Waals surface area contributed by atoms with Crippen molar-refractivity contribution >= 4 is 27.5 Å². The Morgan fingerprint density at radius 2 is 2.15 bits per heavy atom. The Morgan fingerprint density at radius 3 is 2.75 bits per heavy atom. The smallest absolute Gasteiger partial charge is 0.156 e. The van der Waals surface area contributed by atoms with Crippen LogP contribution in [0.15, 0.2) is 47.1 Å². The van der Waals surface area contributed by atoms with E-state index in [1.54, 1.807) is 12.3 Å². The number of halogens is 2. The summed E-state index contributed by atoms with van der Waals surface area (Å²) < 4.78 is 6.91. The highest BCUT2D eigenvalue weighted by Gasteiger charge is 2.22. The summed E-state index contributed by atoms with van der Waals surface area (Å²) in [5, 5.41) is 0.545. The first-order valence-corrected chi connectivity index (χ1v) is 7.57. The molecule has 2 N–H and O–H groups in total. The Labute approximate surface area is 132 Å². The van der Waals surface area contributed by atoms with Crippen molar-refractivity contribution in [1.29, 1.82) is 0 Å². The number of pyridine rings is 1. The van der Waals surface area contributed by atoms with Gasteiger partial charge in [-0.15, -0.1) is 0 Å². The molecule has 0 saturated heterocycles. The summed E-state index contributed by atoms with van der Waals surface area (Å²) in [6.07, 6.45) is 2.20. The molecule has 0 saturated carbocycles. The molecule has 1 aromatic carbocycles. The first-order valence-electron chi connectivity index (χ1n) is 6.40. The van der Waals surface area contributed by atoms with Crippen LogP contribution in [-0.4, -0.2) is 11.0 Å². The zero-order chi connectivity index (χ0) is 14.5. The van der Waals surface area contributed by atoms with Crippen molar-refractivity contribution in [3.8, 4) is 5.75 Å². The van der Waals surface area contributed by atoms with E-state index in [4.69, 9.17) is 22.1 Å². The van der Waals surface area contributed by atoms with E-state index in [0.717, 1.165) is 16.6 Å². The fourth-order valence-electron chi connectivity index (χ4n) is 1.83. The first-order chi connectivity index (χ1) is 9.61. The molecule has 1 heterocycles. The minimum atomic E-state index is -0.320. The molecule has 0 radical (unpaired) electrons. The lowest BCUT2D eigenvalue weighted by atomic mass is 10.1. The summed E-state index contributed by atoms with van der Waals surface area (Å²) in [6, 6.07) is 11.1. The van der Waals surface area contributed by atoms with Crippen molar-refractivity contribution < 1.29 is 4.74 Å². The normalized spacial score (nSPS) is 13.8. The maximum Gasteiger partial charge on any atom is 0.156 e. The predicted molar refractivity (Wildman–Crippen MR) is 85.0 cm³/mol. The molecule has 5 heteroatoms. The number of hydrogen-bond donors (Lipinski definition) is 1. The molecule has 2 atom stereocenters. The van der Waals surface area contributed by atoms with Crippen LogP contribution in [-0.2, 0) is 0 Å². The second-order valence-electron chi connectivity index (χ2n) is 4.44. The zero-order valence-corrected chi connectivity index (χ0v) is 13.4. The van der Waals surface area contributed by atoms with Gasteiger partial charge in [-0.05, 0) is 36.8 Å². The van der Waals surface area contributed by atoms with Gasteiger partial charge in [-0.3, -0.25) is 4.98 Å². The third-order valence-corrected chi connectivity index (χ3v) is 3.78. The molecule has 2 unspecified atom stereocenters. The topological polar surface area (TPSA) is 48.1 Å². The lowest BCUT2D eigenvalue weighted by Crippen LogP contribution is -2.32. The molecular weight excluding hydrogens is 340 g/mol. The molecule has 3 nitrogen and oxygen atoms in total. The van der Waals surface area contributed by atoms with Gasteiger partial charge in [0.15, 0.2) is 6.10 Å². The number of benzene rings is 1. The summed E-state index contributed by atoms with van der Waals surface area (Å²) in [5.74, 6) is 0.606. The van der Waals surface area contributed by atoms with Crippen LogP contribution in [0.4, 0.5) is 0 Å². The predicted octanol–water partition coefficient (Wildman–Crippen LogP) is 4.35. The molecule has 0 amide bonds. The van der Waals surface area contributed by atoms with Gasteiger partial charge in [0.2, 0.25) is 0 Å². The number of nitrogens with zero attached hydrogens (tertiary/aromatic N) is 1. The SMILES string of the molecule is CCC(N)C(Oc1ccc(Br)cc1Cl)c1ccccn1. The van der Waals surface area contributed by atoms with E-state index in [2.05, 4.69) is 20.9 Å². The van der Waals surface area contributed by atoms with Crippen LogP contribution >= 0.6 is 27.5 Å². The van der Waals surface area contributed by atoms with E-state index in [1.807, 2.05) is 37.3 Å². The Hall–Kier alpha value is -1.10.